The highest BCUT2D eigenvalue weighted by molar-refractivity contribution is 5.92. The molecule has 0 bridgehead atoms. The molecule has 0 saturated carbocycles. The molecule has 36 heavy (non-hydrogen) atoms. The third-order valence-electron chi connectivity index (χ3n) is 6.29. The fraction of sp³-hybridized carbons (Fsp3) is 0.440. The van der Waals surface area contributed by atoms with E-state index in [1.165, 1.54) is 12.0 Å². The van der Waals surface area contributed by atoms with E-state index in [2.05, 4.69) is 10.1 Å². The Balaban J connectivity index is 0.00000361. The normalized spacial score (nSPS) is 18.4. The number of hydrogen-bond donors (Lipinski definition) is 1. The maximum Gasteiger partial charge on any atom is 0.372 e. The van der Waals surface area contributed by atoms with Crippen LogP contribution in [0, 0.1) is 5.41 Å². The molecule has 1 aromatic carbocycles. The van der Waals surface area contributed by atoms with Crippen molar-refractivity contribution in [3.05, 3.63) is 42.7 Å². The number of halogens is 1. The largest absolute Gasteiger partial charge is 0.497 e. The van der Waals surface area contributed by atoms with Gasteiger partial charge < -0.3 is 19.9 Å². The van der Waals surface area contributed by atoms with Gasteiger partial charge in [0.25, 0.3) is 5.72 Å². The predicted molar refractivity (Wildman–Crippen MR) is 136 cm³/mol. The molecule has 1 aliphatic heterocycles. The lowest BCUT2D eigenvalue weighted by atomic mass is 9.86. The minimum Gasteiger partial charge on any atom is -0.497 e. The molecule has 194 valence electrons. The zero-order valence-corrected chi connectivity index (χ0v) is 21.9. The van der Waals surface area contributed by atoms with Crippen LogP contribution < -0.4 is 15.2 Å². The van der Waals surface area contributed by atoms with Gasteiger partial charge in [0.15, 0.2) is 5.82 Å². The van der Waals surface area contributed by atoms with Crippen molar-refractivity contribution in [3.63, 3.8) is 0 Å². The summed E-state index contributed by atoms with van der Waals surface area (Å²) in [5.41, 5.74) is 4.72. The molecule has 10 nitrogen and oxygen atoms in total. The van der Waals surface area contributed by atoms with E-state index >= 15 is 0 Å². The molecule has 1 unspecified atom stereocenters. The molecule has 2 N–H and O–H groups in total. The van der Waals surface area contributed by atoms with Crippen LogP contribution in [0.5, 0.6) is 11.5 Å². The highest BCUT2D eigenvalue weighted by Crippen LogP contribution is 2.39. The fourth-order valence-electron chi connectivity index (χ4n) is 4.22. The minimum atomic E-state index is -1.66. The Kier molecular flexibility index (Phi) is 7.80. The first-order valence-electron chi connectivity index (χ1n) is 11.4. The standard InChI is InChI=1S/C25H31N5O5.ClH/c1-24(2,3)21(26)22(31)29-12-6-10-25(29,23(32)34-5)35-19-15-20(30-13-7-11-27-30)28-18-14-16(33-4)8-9-17(18)19;/h7-9,11,13-15,21H,6,10,12,26H2,1-5H3;1H/t21-,25?;/m1./s1. The van der Waals surface area contributed by atoms with Gasteiger partial charge in [-0.2, -0.15) is 5.10 Å². The van der Waals surface area contributed by atoms with E-state index in [1.807, 2.05) is 20.8 Å². The molecule has 0 spiro atoms. The Hall–Kier alpha value is -3.37. The quantitative estimate of drug-likeness (QED) is 0.495. The van der Waals surface area contributed by atoms with Crippen LogP contribution in [0.15, 0.2) is 42.7 Å². The van der Waals surface area contributed by atoms with Crippen molar-refractivity contribution in [1.82, 2.24) is 19.7 Å². The van der Waals surface area contributed by atoms with Crippen molar-refractivity contribution in [2.45, 2.75) is 45.4 Å². The first kappa shape index (κ1) is 27.2. The molecular formula is C25H32ClN5O5. The molecule has 0 radical (unpaired) electrons. The summed E-state index contributed by atoms with van der Waals surface area (Å²) in [4.78, 5) is 32.8. The average Bonchev–Trinajstić information content (AvgIpc) is 3.52. The van der Waals surface area contributed by atoms with E-state index in [0.717, 1.165) is 0 Å². The van der Waals surface area contributed by atoms with Crippen LogP contribution >= 0.6 is 12.4 Å². The van der Waals surface area contributed by atoms with Crippen LogP contribution in [-0.4, -0.2) is 64.1 Å². The smallest absolute Gasteiger partial charge is 0.372 e. The molecular weight excluding hydrogens is 486 g/mol. The number of benzene rings is 1. The summed E-state index contributed by atoms with van der Waals surface area (Å²) in [6.45, 7) is 5.96. The van der Waals surface area contributed by atoms with Gasteiger partial charge in [-0.15, -0.1) is 12.4 Å². The van der Waals surface area contributed by atoms with E-state index in [1.54, 1.807) is 54.5 Å². The number of esters is 1. The Labute approximate surface area is 216 Å². The number of likely N-dealkylation sites (tertiary alicyclic amines) is 1. The van der Waals surface area contributed by atoms with Gasteiger partial charge in [0.05, 0.1) is 25.8 Å². The Morgan fingerprint density at radius 3 is 2.56 bits per heavy atom. The molecule has 2 aromatic heterocycles. The lowest BCUT2D eigenvalue weighted by molar-refractivity contribution is -0.181. The van der Waals surface area contributed by atoms with Crippen molar-refractivity contribution in [2.24, 2.45) is 11.1 Å². The second-order valence-corrected chi connectivity index (χ2v) is 9.63. The molecule has 4 rings (SSSR count). The first-order chi connectivity index (χ1) is 16.6. The third-order valence-corrected chi connectivity index (χ3v) is 6.29. The first-order valence-corrected chi connectivity index (χ1v) is 11.4. The molecule has 3 heterocycles. The third kappa shape index (κ3) is 4.83. The molecule has 1 saturated heterocycles. The highest BCUT2D eigenvalue weighted by Gasteiger charge is 2.55. The number of amides is 1. The summed E-state index contributed by atoms with van der Waals surface area (Å²) in [5, 5.41) is 4.91. The highest BCUT2D eigenvalue weighted by atomic mass is 35.5. The van der Waals surface area contributed by atoms with Gasteiger partial charge in [-0.05, 0) is 30.0 Å². The molecule has 0 aliphatic carbocycles. The average molecular weight is 518 g/mol. The van der Waals surface area contributed by atoms with Gasteiger partial charge in [-0.1, -0.05) is 20.8 Å². The number of carbonyl (C=O) groups excluding carboxylic acids is 2. The number of carbonyl (C=O) groups is 2. The van der Waals surface area contributed by atoms with Gasteiger partial charge in [0, 0.05) is 42.9 Å². The monoisotopic (exact) mass is 517 g/mol. The van der Waals surface area contributed by atoms with Crippen molar-refractivity contribution < 1.29 is 23.8 Å². The van der Waals surface area contributed by atoms with E-state index in [9.17, 15) is 9.59 Å². The summed E-state index contributed by atoms with van der Waals surface area (Å²) >= 11 is 0. The summed E-state index contributed by atoms with van der Waals surface area (Å²) < 4.78 is 18.6. The van der Waals surface area contributed by atoms with E-state index in [0.29, 0.717) is 41.2 Å². The number of nitrogens with two attached hydrogens (primary N) is 1. The Bertz CT molecular complexity index is 1240. The fourth-order valence-corrected chi connectivity index (χ4v) is 4.22. The van der Waals surface area contributed by atoms with Gasteiger partial charge >= 0.3 is 5.97 Å². The number of rotatable bonds is 6. The number of aromatic nitrogens is 3. The van der Waals surface area contributed by atoms with Gasteiger partial charge in [0.1, 0.15) is 11.5 Å². The van der Waals surface area contributed by atoms with E-state index < -0.39 is 23.2 Å². The number of hydrogen-bond acceptors (Lipinski definition) is 8. The van der Waals surface area contributed by atoms with Crippen LogP contribution in [0.25, 0.3) is 16.7 Å². The second kappa shape index (κ2) is 10.3. The molecule has 1 aliphatic rings. The van der Waals surface area contributed by atoms with E-state index in [-0.39, 0.29) is 24.7 Å². The SMILES string of the molecule is COC(=O)C1(Oc2cc(-n3cccn3)nc3cc(OC)ccc23)CCCN1C(=O)[C@@H](N)C(C)(C)C.Cl. The van der Waals surface area contributed by atoms with Crippen LogP contribution in [0.2, 0.25) is 0 Å². The van der Waals surface area contributed by atoms with Crippen LogP contribution in [-0.2, 0) is 14.3 Å². The van der Waals surface area contributed by atoms with Crippen LogP contribution in [0.1, 0.15) is 33.6 Å². The number of methoxy groups -OCH3 is 2. The number of ether oxygens (including phenoxy) is 3. The predicted octanol–water partition coefficient (Wildman–Crippen LogP) is 3.09. The van der Waals surface area contributed by atoms with Gasteiger partial charge in [-0.25, -0.2) is 14.5 Å². The Morgan fingerprint density at radius 2 is 1.94 bits per heavy atom. The second-order valence-electron chi connectivity index (χ2n) is 9.63. The van der Waals surface area contributed by atoms with E-state index in [4.69, 9.17) is 19.9 Å². The number of pyridine rings is 1. The maximum absolute atomic E-state index is 13.5. The van der Waals surface area contributed by atoms with Crippen LogP contribution in [0.4, 0.5) is 0 Å². The summed E-state index contributed by atoms with van der Waals surface area (Å²) in [6.07, 6.45) is 4.21. The molecule has 3 aromatic rings. The lowest BCUT2D eigenvalue weighted by Gasteiger charge is -2.39. The lowest BCUT2D eigenvalue weighted by Crippen LogP contribution is -2.62. The summed E-state index contributed by atoms with van der Waals surface area (Å²) in [7, 11) is 2.85. The molecule has 1 amide bonds. The van der Waals surface area contributed by atoms with Crippen molar-refractivity contribution in [3.8, 4) is 17.3 Å². The van der Waals surface area contributed by atoms with Crippen molar-refractivity contribution in [1.29, 1.82) is 0 Å². The Morgan fingerprint density at radius 1 is 1.19 bits per heavy atom. The minimum absolute atomic E-state index is 0. The van der Waals surface area contributed by atoms with Gasteiger partial charge in [0.2, 0.25) is 5.91 Å². The molecule has 11 heteroatoms. The zero-order chi connectivity index (χ0) is 25.4. The summed E-state index contributed by atoms with van der Waals surface area (Å²) in [5.74, 6) is 0.423. The van der Waals surface area contributed by atoms with Crippen molar-refractivity contribution in [2.75, 3.05) is 20.8 Å². The van der Waals surface area contributed by atoms with Crippen molar-refractivity contribution >= 4 is 35.2 Å². The maximum atomic E-state index is 13.5. The summed E-state index contributed by atoms with van der Waals surface area (Å²) in [6, 6.07) is 7.99. The molecule has 2 atom stereocenters. The number of fused-ring (bicyclic) bond motifs is 1. The number of nitrogens with zero attached hydrogens (tertiary/aromatic N) is 4. The molecule has 1 fully saturated rings. The topological polar surface area (TPSA) is 122 Å². The van der Waals surface area contributed by atoms with Crippen LogP contribution in [0.3, 0.4) is 0 Å². The zero-order valence-electron chi connectivity index (χ0n) is 21.1. The van der Waals surface area contributed by atoms with Gasteiger partial charge in [-0.3, -0.25) is 9.69 Å².